The number of amides is 1. The van der Waals surface area contributed by atoms with E-state index in [1.165, 1.54) is 32.1 Å². The Morgan fingerprint density at radius 3 is 2.33 bits per heavy atom. The van der Waals surface area contributed by atoms with Crippen molar-refractivity contribution in [1.82, 2.24) is 4.90 Å². The fourth-order valence-corrected chi connectivity index (χ4v) is 2.68. The molecule has 0 saturated heterocycles. The van der Waals surface area contributed by atoms with Gasteiger partial charge in [-0.25, -0.2) is 0 Å². The zero-order valence-electron chi connectivity index (χ0n) is 9.61. The number of hydrogen-bond donors (Lipinski definition) is 1. The Morgan fingerprint density at radius 1 is 1.13 bits per heavy atom. The van der Waals surface area contributed by atoms with Gasteiger partial charge in [0.05, 0.1) is 5.92 Å². The molecule has 0 aliphatic heterocycles. The lowest BCUT2D eigenvalue weighted by atomic mass is 9.83. The Kier molecular flexibility index (Phi) is 3.29. The maximum Gasteiger partial charge on any atom is 0.227 e. The molecule has 86 valence electrons. The van der Waals surface area contributed by atoms with Crippen LogP contribution >= 0.6 is 0 Å². The van der Waals surface area contributed by atoms with E-state index >= 15 is 0 Å². The van der Waals surface area contributed by atoms with E-state index < -0.39 is 0 Å². The van der Waals surface area contributed by atoms with E-state index in [0.29, 0.717) is 11.9 Å². The van der Waals surface area contributed by atoms with E-state index in [1.807, 2.05) is 11.9 Å². The van der Waals surface area contributed by atoms with Gasteiger partial charge < -0.3 is 10.6 Å². The summed E-state index contributed by atoms with van der Waals surface area (Å²) >= 11 is 0. The molecule has 2 saturated carbocycles. The van der Waals surface area contributed by atoms with Crippen molar-refractivity contribution in [1.29, 1.82) is 0 Å². The summed E-state index contributed by atoms with van der Waals surface area (Å²) < 4.78 is 0. The minimum atomic E-state index is 0.101. The molecule has 15 heavy (non-hydrogen) atoms. The quantitative estimate of drug-likeness (QED) is 0.751. The first kappa shape index (κ1) is 10.9. The summed E-state index contributed by atoms with van der Waals surface area (Å²) in [6.07, 6.45) is 8.03. The molecule has 2 aliphatic rings. The highest BCUT2D eigenvalue weighted by atomic mass is 16.2. The third-order valence-electron chi connectivity index (χ3n) is 4.11. The van der Waals surface area contributed by atoms with Gasteiger partial charge in [-0.05, 0) is 32.1 Å². The maximum atomic E-state index is 12.2. The fraction of sp³-hybridized carbons (Fsp3) is 0.917. The van der Waals surface area contributed by atoms with E-state index in [0.717, 1.165) is 12.8 Å². The van der Waals surface area contributed by atoms with Crippen LogP contribution in [0.25, 0.3) is 0 Å². The SMILES string of the molecule is CN(C(=O)C1CCCCC1N)C1CCC1. The van der Waals surface area contributed by atoms with Crippen LogP contribution in [0.2, 0.25) is 0 Å². The minimum absolute atomic E-state index is 0.101. The smallest absolute Gasteiger partial charge is 0.227 e. The van der Waals surface area contributed by atoms with Gasteiger partial charge in [-0.1, -0.05) is 12.8 Å². The maximum absolute atomic E-state index is 12.2. The second kappa shape index (κ2) is 4.52. The summed E-state index contributed by atoms with van der Waals surface area (Å²) in [6, 6.07) is 0.611. The van der Waals surface area contributed by atoms with Crippen molar-refractivity contribution in [3.05, 3.63) is 0 Å². The van der Waals surface area contributed by atoms with Gasteiger partial charge in [0.2, 0.25) is 5.91 Å². The first-order valence-electron chi connectivity index (χ1n) is 6.22. The monoisotopic (exact) mass is 210 g/mol. The van der Waals surface area contributed by atoms with Crippen LogP contribution in [0, 0.1) is 5.92 Å². The molecular weight excluding hydrogens is 188 g/mol. The highest BCUT2D eigenvalue weighted by Crippen LogP contribution is 2.29. The summed E-state index contributed by atoms with van der Waals surface area (Å²) in [5.74, 6) is 0.399. The average Bonchev–Trinajstić information content (AvgIpc) is 2.15. The van der Waals surface area contributed by atoms with Crippen LogP contribution in [-0.2, 0) is 4.79 Å². The Labute approximate surface area is 92.0 Å². The standard InChI is InChI=1S/C12H22N2O/c1-14(9-5-4-6-9)12(15)10-7-2-3-8-11(10)13/h9-11H,2-8,13H2,1H3. The summed E-state index contributed by atoms with van der Waals surface area (Å²) in [5.41, 5.74) is 6.03. The second-order valence-corrected chi connectivity index (χ2v) is 5.09. The predicted molar refractivity (Wildman–Crippen MR) is 60.3 cm³/mol. The highest BCUT2D eigenvalue weighted by Gasteiger charge is 2.34. The lowest BCUT2D eigenvalue weighted by Crippen LogP contribution is -2.49. The topological polar surface area (TPSA) is 46.3 Å². The van der Waals surface area contributed by atoms with Crippen LogP contribution in [0.1, 0.15) is 44.9 Å². The van der Waals surface area contributed by atoms with E-state index in [-0.39, 0.29) is 12.0 Å². The number of hydrogen-bond acceptors (Lipinski definition) is 2. The molecule has 2 fully saturated rings. The van der Waals surface area contributed by atoms with Gasteiger partial charge in [-0.2, -0.15) is 0 Å². The van der Waals surface area contributed by atoms with E-state index in [9.17, 15) is 4.79 Å². The lowest BCUT2D eigenvalue weighted by Gasteiger charge is -2.39. The molecule has 0 aromatic carbocycles. The Morgan fingerprint density at radius 2 is 1.80 bits per heavy atom. The minimum Gasteiger partial charge on any atom is -0.342 e. The molecule has 0 bridgehead atoms. The van der Waals surface area contributed by atoms with Crippen molar-refractivity contribution in [3.63, 3.8) is 0 Å². The van der Waals surface area contributed by atoms with Crippen molar-refractivity contribution < 1.29 is 4.79 Å². The number of carbonyl (C=O) groups excluding carboxylic acids is 1. The van der Waals surface area contributed by atoms with Crippen LogP contribution in [0.15, 0.2) is 0 Å². The summed E-state index contributed by atoms with van der Waals surface area (Å²) in [5, 5.41) is 0. The molecule has 2 atom stereocenters. The van der Waals surface area contributed by atoms with Crippen LogP contribution in [0.5, 0.6) is 0 Å². The Bertz CT molecular complexity index is 238. The summed E-state index contributed by atoms with van der Waals surface area (Å²) in [6.45, 7) is 0. The third-order valence-corrected chi connectivity index (χ3v) is 4.11. The number of carbonyl (C=O) groups is 1. The second-order valence-electron chi connectivity index (χ2n) is 5.09. The highest BCUT2D eigenvalue weighted by molar-refractivity contribution is 5.79. The molecule has 0 heterocycles. The molecule has 2 rings (SSSR count). The van der Waals surface area contributed by atoms with Crippen LogP contribution in [0.4, 0.5) is 0 Å². The van der Waals surface area contributed by atoms with Gasteiger partial charge in [-0.15, -0.1) is 0 Å². The molecular formula is C12H22N2O. The van der Waals surface area contributed by atoms with Crippen molar-refractivity contribution in [3.8, 4) is 0 Å². The van der Waals surface area contributed by atoms with E-state index in [1.54, 1.807) is 0 Å². The Balaban J connectivity index is 1.92. The van der Waals surface area contributed by atoms with Crippen LogP contribution in [-0.4, -0.2) is 29.9 Å². The van der Waals surface area contributed by atoms with Gasteiger partial charge in [0, 0.05) is 19.1 Å². The molecule has 1 amide bonds. The molecule has 0 radical (unpaired) electrons. The number of nitrogens with zero attached hydrogens (tertiary/aromatic N) is 1. The first-order valence-corrected chi connectivity index (χ1v) is 6.22. The first-order chi connectivity index (χ1) is 7.20. The van der Waals surface area contributed by atoms with Crippen molar-refractivity contribution in [2.45, 2.75) is 57.0 Å². The molecule has 0 aromatic heterocycles. The fourth-order valence-electron chi connectivity index (χ4n) is 2.68. The van der Waals surface area contributed by atoms with Crippen molar-refractivity contribution in [2.24, 2.45) is 11.7 Å². The average molecular weight is 210 g/mol. The van der Waals surface area contributed by atoms with Crippen molar-refractivity contribution >= 4 is 5.91 Å². The number of nitrogens with two attached hydrogens (primary N) is 1. The van der Waals surface area contributed by atoms with Crippen molar-refractivity contribution in [2.75, 3.05) is 7.05 Å². The Hall–Kier alpha value is -0.570. The molecule has 0 aromatic rings. The molecule has 3 nitrogen and oxygen atoms in total. The van der Waals surface area contributed by atoms with E-state index in [4.69, 9.17) is 5.73 Å². The van der Waals surface area contributed by atoms with Crippen LogP contribution in [0.3, 0.4) is 0 Å². The molecule has 2 N–H and O–H groups in total. The van der Waals surface area contributed by atoms with Gasteiger partial charge in [0.1, 0.15) is 0 Å². The third kappa shape index (κ3) is 2.17. The zero-order chi connectivity index (χ0) is 10.8. The van der Waals surface area contributed by atoms with Crippen LogP contribution < -0.4 is 5.73 Å². The number of rotatable bonds is 2. The molecule has 0 spiro atoms. The normalized spacial score (nSPS) is 32.1. The molecule has 2 aliphatic carbocycles. The summed E-state index contributed by atoms with van der Waals surface area (Å²) in [7, 11) is 1.95. The molecule has 3 heteroatoms. The predicted octanol–water partition coefficient (Wildman–Crippen LogP) is 1.51. The van der Waals surface area contributed by atoms with Gasteiger partial charge in [-0.3, -0.25) is 4.79 Å². The van der Waals surface area contributed by atoms with Gasteiger partial charge in [0.15, 0.2) is 0 Å². The van der Waals surface area contributed by atoms with Gasteiger partial charge >= 0.3 is 0 Å². The molecule has 2 unspecified atom stereocenters. The zero-order valence-corrected chi connectivity index (χ0v) is 9.61. The largest absolute Gasteiger partial charge is 0.342 e. The van der Waals surface area contributed by atoms with Gasteiger partial charge in [0.25, 0.3) is 0 Å². The summed E-state index contributed by atoms with van der Waals surface area (Å²) in [4.78, 5) is 14.1. The lowest BCUT2D eigenvalue weighted by molar-refractivity contribution is -0.139. The van der Waals surface area contributed by atoms with E-state index in [2.05, 4.69) is 0 Å².